The summed E-state index contributed by atoms with van der Waals surface area (Å²) in [4.78, 5) is 19.8. The highest BCUT2D eigenvalue weighted by Gasteiger charge is 2.62. The molecule has 1 aliphatic heterocycles. The van der Waals surface area contributed by atoms with Crippen molar-refractivity contribution in [2.24, 2.45) is 29.1 Å². The van der Waals surface area contributed by atoms with Crippen LogP contribution in [0.5, 0.6) is 11.5 Å². The zero-order chi connectivity index (χ0) is 25.6. The maximum atomic E-state index is 12.3. The third-order valence-electron chi connectivity index (χ3n) is 9.38. The first kappa shape index (κ1) is 24.5. The molecule has 2 aromatic rings. The van der Waals surface area contributed by atoms with E-state index >= 15 is 0 Å². The molecule has 198 valence electrons. The number of carbonyl (C=O) groups is 1. The van der Waals surface area contributed by atoms with E-state index in [0.717, 1.165) is 90.6 Å². The molecule has 3 aliphatic carbocycles. The average molecular weight is 506 g/mol. The molecular weight excluding hydrogens is 466 g/mol. The van der Waals surface area contributed by atoms with Gasteiger partial charge >= 0.3 is 5.97 Å². The van der Waals surface area contributed by atoms with E-state index in [9.17, 15) is 4.79 Å². The maximum absolute atomic E-state index is 12.3. The van der Waals surface area contributed by atoms with Crippen LogP contribution in [0.2, 0.25) is 0 Å². The third kappa shape index (κ3) is 4.25. The van der Waals surface area contributed by atoms with Crippen LogP contribution in [0, 0.1) is 29.1 Å². The standard InChI is InChI=1S/C30H39N3O4/c1-4-37-29(34)19-9-13-33(14-10-19)28-21(16-23-25(35-2)7-8-26(36-3)27(23)32-28)18-31-17-20-15-22-5-6-24(20)30(22)11-12-30/h5-8,16,19-20,22,24,31H,4,9-15,17-18H2,1-3H3/t20-,22+,24-/m0/s1. The van der Waals surface area contributed by atoms with E-state index in [1.165, 1.54) is 19.3 Å². The zero-order valence-corrected chi connectivity index (χ0v) is 22.3. The minimum absolute atomic E-state index is 0.0338. The largest absolute Gasteiger partial charge is 0.496 e. The number of carbonyl (C=O) groups excluding carboxylic acids is 1. The molecule has 1 saturated heterocycles. The summed E-state index contributed by atoms with van der Waals surface area (Å²) in [6.07, 6.45) is 10.7. The molecule has 2 saturated carbocycles. The summed E-state index contributed by atoms with van der Waals surface area (Å²) in [7, 11) is 3.38. The first-order chi connectivity index (χ1) is 18.1. The quantitative estimate of drug-likeness (QED) is 0.390. The summed E-state index contributed by atoms with van der Waals surface area (Å²) < 4.78 is 16.6. The lowest BCUT2D eigenvalue weighted by Crippen LogP contribution is -2.38. The average Bonchev–Trinajstić information content (AvgIpc) is 3.60. The summed E-state index contributed by atoms with van der Waals surface area (Å²) in [5.41, 5.74) is 2.59. The molecule has 0 radical (unpaired) electrons. The molecule has 1 spiro atoms. The van der Waals surface area contributed by atoms with Gasteiger partial charge in [0.1, 0.15) is 22.8 Å². The number of allylic oxidation sites excluding steroid dienone is 2. The van der Waals surface area contributed by atoms with Crippen LogP contribution in [-0.4, -0.2) is 51.4 Å². The molecule has 7 heteroatoms. The molecule has 1 aromatic carbocycles. The van der Waals surface area contributed by atoms with Crippen LogP contribution in [-0.2, 0) is 16.1 Å². The Balaban J connectivity index is 1.24. The number of hydrogen-bond donors (Lipinski definition) is 1. The number of piperidine rings is 1. The number of anilines is 1. The van der Waals surface area contributed by atoms with Crippen LogP contribution in [0.3, 0.4) is 0 Å². The summed E-state index contributed by atoms with van der Waals surface area (Å²) in [5.74, 6) is 4.69. The van der Waals surface area contributed by atoms with E-state index in [2.05, 4.69) is 28.4 Å². The normalized spacial score (nSPS) is 25.7. The molecule has 4 aliphatic rings. The fourth-order valence-electron chi connectivity index (χ4n) is 7.32. The minimum Gasteiger partial charge on any atom is -0.496 e. The van der Waals surface area contributed by atoms with Crippen LogP contribution < -0.4 is 19.7 Å². The molecule has 3 atom stereocenters. The monoisotopic (exact) mass is 505 g/mol. The van der Waals surface area contributed by atoms with Gasteiger partial charge in [-0.15, -0.1) is 0 Å². The van der Waals surface area contributed by atoms with Crippen molar-refractivity contribution in [3.63, 3.8) is 0 Å². The third-order valence-corrected chi connectivity index (χ3v) is 9.38. The van der Waals surface area contributed by atoms with Crippen LogP contribution in [0.15, 0.2) is 30.4 Å². The molecule has 0 unspecified atom stereocenters. The van der Waals surface area contributed by atoms with Crippen LogP contribution in [0.25, 0.3) is 10.9 Å². The Hall–Kier alpha value is -2.80. The Labute approximate surface area is 219 Å². The Morgan fingerprint density at radius 1 is 1.14 bits per heavy atom. The molecule has 1 N–H and O–H groups in total. The highest BCUT2D eigenvalue weighted by Crippen LogP contribution is 2.69. The first-order valence-electron chi connectivity index (χ1n) is 13.9. The maximum Gasteiger partial charge on any atom is 0.309 e. The number of methoxy groups -OCH3 is 2. The highest BCUT2D eigenvalue weighted by molar-refractivity contribution is 5.92. The second-order valence-electron chi connectivity index (χ2n) is 11.2. The van der Waals surface area contributed by atoms with E-state index in [-0.39, 0.29) is 11.9 Å². The van der Waals surface area contributed by atoms with Gasteiger partial charge in [-0.3, -0.25) is 4.79 Å². The number of ether oxygens (including phenoxy) is 3. The predicted molar refractivity (Wildman–Crippen MR) is 144 cm³/mol. The van der Waals surface area contributed by atoms with Gasteiger partial charge in [0.15, 0.2) is 0 Å². The van der Waals surface area contributed by atoms with Crippen LogP contribution in [0.4, 0.5) is 5.82 Å². The van der Waals surface area contributed by atoms with E-state index in [1.54, 1.807) is 14.2 Å². The predicted octanol–water partition coefficient (Wildman–Crippen LogP) is 4.72. The Bertz CT molecular complexity index is 1200. The summed E-state index contributed by atoms with van der Waals surface area (Å²) >= 11 is 0. The molecular formula is C30H39N3O4. The lowest BCUT2D eigenvalue weighted by atomic mass is 9.89. The van der Waals surface area contributed by atoms with Gasteiger partial charge in [-0.2, -0.15) is 0 Å². The Morgan fingerprint density at radius 3 is 2.57 bits per heavy atom. The van der Waals surface area contributed by atoms with Gasteiger partial charge in [0.25, 0.3) is 0 Å². The van der Waals surface area contributed by atoms with Gasteiger partial charge in [-0.05, 0) is 86.9 Å². The topological polar surface area (TPSA) is 72.9 Å². The summed E-state index contributed by atoms with van der Waals surface area (Å²) in [6.45, 7) is 5.64. The first-order valence-corrected chi connectivity index (χ1v) is 13.9. The molecule has 2 heterocycles. The Morgan fingerprint density at radius 2 is 1.89 bits per heavy atom. The van der Waals surface area contributed by atoms with Crippen molar-refractivity contribution in [3.05, 3.63) is 35.9 Å². The molecule has 0 amide bonds. The zero-order valence-electron chi connectivity index (χ0n) is 22.3. The van der Waals surface area contributed by atoms with E-state index in [4.69, 9.17) is 19.2 Å². The molecule has 7 nitrogen and oxygen atoms in total. The van der Waals surface area contributed by atoms with Gasteiger partial charge < -0.3 is 24.4 Å². The van der Waals surface area contributed by atoms with Crippen molar-refractivity contribution in [2.75, 3.05) is 45.4 Å². The molecule has 37 heavy (non-hydrogen) atoms. The second-order valence-corrected chi connectivity index (χ2v) is 11.2. The molecule has 1 aromatic heterocycles. The number of benzene rings is 1. The van der Waals surface area contributed by atoms with Crippen molar-refractivity contribution in [2.45, 2.75) is 45.6 Å². The fourth-order valence-corrected chi connectivity index (χ4v) is 7.32. The number of aromatic nitrogens is 1. The second kappa shape index (κ2) is 9.82. The van der Waals surface area contributed by atoms with Gasteiger partial charge in [0.2, 0.25) is 0 Å². The van der Waals surface area contributed by atoms with E-state index in [1.807, 2.05) is 19.1 Å². The number of pyridine rings is 1. The van der Waals surface area contributed by atoms with Crippen molar-refractivity contribution in [3.8, 4) is 11.5 Å². The van der Waals surface area contributed by atoms with E-state index in [0.29, 0.717) is 12.0 Å². The summed E-state index contributed by atoms with van der Waals surface area (Å²) in [5, 5.41) is 4.76. The van der Waals surface area contributed by atoms with Gasteiger partial charge in [-0.25, -0.2) is 4.98 Å². The number of fused-ring (bicyclic) bond motifs is 1. The molecule has 3 fully saturated rings. The van der Waals surface area contributed by atoms with Crippen molar-refractivity contribution < 1.29 is 19.0 Å². The number of nitrogens with zero attached hydrogens (tertiary/aromatic N) is 2. The number of hydrogen-bond acceptors (Lipinski definition) is 7. The van der Waals surface area contributed by atoms with Crippen LogP contribution >= 0.6 is 0 Å². The van der Waals surface area contributed by atoms with Gasteiger partial charge in [-0.1, -0.05) is 12.2 Å². The van der Waals surface area contributed by atoms with E-state index < -0.39 is 0 Å². The van der Waals surface area contributed by atoms with Crippen molar-refractivity contribution in [1.29, 1.82) is 0 Å². The summed E-state index contributed by atoms with van der Waals surface area (Å²) in [6, 6.07) is 6.08. The number of nitrogens with one attached hydrogen (secondary N) is 1. The lowest BCUT2D eigenvalue weighted by molar-refractivity contribution is -0.148. The number of rotatable bonds is 9. The Kier molecular flexibility index (Phi) is 6.51. The lowest BCUT2D eigenvalue weighted by Gasteiger charge is -2.33. The van der Waals surface area contributed by atoms with Crippen molar-refractivity contribution >= 4 is 22.7 Å². The number of esters is 1. The smallest absolute Gasteiger partial charge is 0.309 e. The minimum atomic E-state index is -0.0738. The van der Waals surface area contributed by atoms with Crippen molar-refractivity contribution in [1.82, 2.24) is 10.3 Å². The molecule has 2 bridgehead atoms. The fraction of sp³-hybridized carbons (Fsp3) is 0.600. The molecule has 6 rings (SSSR count). The highest BCUT2D eigenvalue weighted by atomic mass is 16.5. The SMILES string of the molecule is CCOC(=O)C1CCN(c2nc3c(OC)ccc(OC)c3cc2CNC[C@@H]2C[C@H]3C=C[C@@H]2C32CC2)CC1. The van der Waals surface area contributed by atoms with Gasteiger partial charge in [0.05, 0.1) is 26.7 Å². The van der Waals surface area contributed by atoms with Crippen LogP contribution in [0.1, 0.15) is 44.6 Å². The van der Waals surface area contributed by atoms with Gasteiger partial charge in [0, 0.05) is 30.6 Å².